The molecule has 114 valence electrons. The van der Waals surface area contributed by atoms with Crippen LogP contribution < -0.4 is 16.0 Å². The van der Waals surface area contributed by atoms with E-state index in [1.54, 1.807) is 16.8 Å². The molecule has 0 aliphatic heterocycles. The summed E-state index contributed by atoms with van der Waals surface area (Å²) in [6.07, 6.45) is 0.584. The van der Waals surface area contributed by atoms with Crippen LogP contribution in [0.4, 0.5) is 4.39 Å². The van der Waals surface area contributed by atoms with Crippen LogP contribution in [0.2, 0.25) is 0 Å². The zero-order valence-corrected chi connectivity index (χ0v) is 13.7. The number of hydrogen-bond donors (Lipinski definition) is 2. The average molecular weight is 357 g/mol. The maximum atomic E-state index is 13.8. The minimum Gasteiger partial charge on any atom is -0.494 e. The summed E-state index contributed by atoms with van der Waals surface area (Å²) in [5, 5.41) is 4.34. The molecule has 0 radical (unpaired) electrons. The van der Waals surface area contributed by atoms with Gasteiger partial charge < -0.3 is 4.74 Å². The Morgan fingerprint density at radius 1 is 1.52 bits per heavy atom. The summed E-state index contributed by atoms with van der Waals surface area (Å²) in [5.74, 6) is 5.44. The van der Waals surface area contributed by atoms with Crippen molar-refractivity contribution >= 4 is 15.9 Å². The number of aromatic nitrogens is 2. The third-order valence-electron chi connectivity index (χ3n) is 3.44. The van der Waals surface area contributed by atoms with Crippen LogP contribution in [0.5, 0.6) is 5.75 Å². The van der Waals surface area contributed by atoms with E-state index in [0.29, 0.717) is 6.42 Å². The maximum Gasteiger partial charge on any atom is 0.165 e. The van der Waals surface area contributed by atoms with Crippen molar-refractivity contribution in [3.8, 4) is 5.75 Å². The van der Waals surface area contributed by atoms with Gasteiger partial charge in [0.15, 0.2) is 11.6 Å². The molecule has 1 aromatic heterocycles. The highest BCUT2D eigenvalue weighted by Crippen LogP contribution is 2.27. The van der Waals surface area contributed by atoms with Gasteiger partial charge in [0.2, 0.25) is 0 Å². The molecule has 2 rings (SSSR count). The van der Waals surface area contributed by atoms with Crippen LogP contribution >= 0.6 is 15.9 Å². The van der Waals surface area contributed by atoms with E-state index in [1.807, 2.05) is 14.0 Å². The first-order valence-electron chi connectivity index (χ1n) is 6.45. The van der Waals surface area contributed by atoms with Crippen molar-refractivity contribution in [2.45, 2.75) is 19.4 Å². The topological polar surface area (TPSA) is 65.1 Å². The van der Waals surface area contributed by atoms with Gasteiger partial charge in [-0.1, -0.05) is 6.07 Å². The number of hydrazine groups is 1. The monoisotopic (exact) mass is 356 g/mol. The maximum absolute atomic E-state index is 13.8. The lowest BCUT2D eigenvalue weighted by Crippen LogP contribution is -2.30. The molecule has 7 heteroatoms. The van der Waals surface area contributed by atoms with Crippen molar-refractivity contribution in [2.75, 3.05) is 7.11 Å². The normalized spacial score (nSPS) is 12.5. The molecule has 0 aliphatic rings. The number of nitrogens with one attached hydrogen (secondary N) is 1. The molecule has 5 nitrogen and oxygen atoms in total. The van der Waals surface area contributed by atoms with Gasteiger partial charge in [0.1, 0.15) is 0 Å². The Morgan fingerprint density at radius 3 is 2.71 bits per heavy atom. The molecule has 21 heavy (non-hydrogen) atoms. The summed E-state index contributed by atoms with van der Waals surface area (Å²) in [5.41, 5.74) is 5.38. The fraction of sp³-hybridized carbons (Fsp3) is 0.357. The molecular weight excluding hydrogens is 339 g/mol. The lowest BCUT2D eigenvalue weighted by atomic mass is 10.0. The van der Waals surface area contributed by atoms with E-state index in [-0.39, 0.29) is 11.8 Å². The Bertz CT molecular complexity index is 644. The van der Waals surface area contributed by atoms with Crippen LogP contribution in [0.3, 0.4) is 0 Å². The smallest absolute Gasteiger partial charge is 0.165 e. The SMILES string of the molecule is COc1ccc(C(Cc2c(Br)c(C)nn2C)NN)cc1F. The second-order valence-electron chi connectivity index (χ2n) is 4.79. The van der Waals surface area contributed by atoms with Crippen LogP contribution in [0.15, 0.2) is 22.7 Å². The number of nitrogens with zero attached hydrogens (tertiary/aromatic N) is 2. The fourth-order valence-electron chi connectivity index (χ4n) is 2.27. The van der Waals surface area contributed by atoms with E-state index in [4.69, 9.17) is 10.6 Å². The van der Waals surface area contributed by atoms with Crippen molar-refractivity contribution in [3.05, 3.63) is 45.4 Å². The van der Waals surface area contributed by atoms with E-state index >= 15 is 0 Å². The molecule has 2 aromatic rings. The van der Waals surface area contributed by atoms with Gasteiger partial charge in [-0.3, -0.25) is 16.0 Å². The number of hydrogen-bond acceptors (Lipinski definition) is 4. The Hall–Kier alpha value is -1.44. The van der Waals surface area contributed by atoms with Crippen LogP contribution in [0.25, 0.3) is 0 Å². The summed E-state index contributed by atoms with van der Waals surface area (Å²) >= 11 is 3.52. The summed E-state index contributed by atoms with van der Waals surface area (Å²) in [4.78, 5) is 0. The predicted molar refractivity (Wildman–Crippen MR) is 82.4 cm³/mol. The Morgan fingerprint density at radius 2 is 2.24 bits per heavy atom. The van der Waals surface area contributed by atoms with E-state index in [2.05, 4.69) is 26.5 Å². The molecule has 0 amide bonds. The molecular formula is C14H18BrFN4O. The second kappa shape index (κ2) is 6.55. The Kier molecular flexibility index (Phi) is 4.97. The van der Waals surface area contributed by atoms with Crippen molar-refractivity contribution in [1.82, 2.24) is 15.2 Å². The van der Waals surface area contributed by atoms with E-state index in [9.17, 15) is 4.39 Å². The molecule has 0 saturated heterocycles. The molecule has 3 N–H and O–H groups in total. The van der Waals surface area contributed by atoms with Crippen LogP contribution in [-0.4, -0.2) is 16.9 Å². The first kappa shape index (κ1) is 15.9. The standard InChI is InChI=1S/C14H18BrFN4O/c1-8-14(15)12(20(2)19-8)7-11(18-17)9-4-5-13(21-3)10(16)6-9/h4-6,11,18H,7,17H2,1-3H3. The van der Waals surface area contributed by atoms with Crippen molar-refractivity contribution in [1.29, 1.82) is 0 Å². The van der Waals surface area contributed by atoms with E-state index in [1.165, 1.54) is 13.2 Å². The molecule has 0 aliphatic carbocycles. The van der Waals surface area contributed by atoms with E-state index < -0.39 is 5.82 Å². The van der Waals surface area contributed by atoms with E-state index in [0.717, 1.165) is 21.4 Å². The van der Waals surface area contributed by atoms with Crippen molar-refractivity contribution in [3.63, 3.8) is 0 Å². The molecule has 1 aromatic carbocycles. The first-order valence-corrected chi connectivity index (χ1v) is 7.24. The number of benzene rings is 1. The zero-order valence-electron chi connectivity index (χ0n) is 12.2. The number of aryl methyl sites for hydroxylation is 2. The molecule has 1 unspecified atom stereocenters. The van der Waals surface area contributed by atoms with Crippen LogP contribution in [0.1, 0.15) is 23.0 Å². The largest absolute Gasteiger partial charge is 0.494 e. The van der Waals surface area contributed by atoms with Gasteiger partial charge in [-0.05, 0) is 40.5 Å². The highest BCUT2D eigenvalue weighted by molar-refractivity contribution is 9.10. The summed E-state index contributed by atoms with van der Waals surface area (Å²) in [6.45, 7) is 1.92. The minimum atomic E-state index is -0.407. The fourth-order valence-corrected chi connectivity index (χ4v) is 2.77. The third kappa shape index (κ3) is 3.25. The quantitative estimate of drug-likeness (QED) is 0.637. The first-order chi connectivity index (χ1) is 9.97. The molecule has 0 bridgehead atoms. The highest BCUT2D eigenvalue weighted by Gasteiger charge is 2.18. The molecule has 1 heterocycles. The molecule has 0 spiro atoms. The molecule has 0 fully saturated rings. The highest BCUT2D eigenvalue weighted by atomic mass is 79.9. The van der Waals surface area contributed by atoms with Crippen molar-refractivity contribution < 1.29 is 9.13 Å². The lowest BCUT2D eigenvalue weighted by molar-refractivity contribution is 0.385. The summed E-state index contributed by atoms with van der Waals surface area (Å²) in [7, 11) is 3.31. The van der Waals surface area contributed by atoms with Gasteiger partial charge in [0.05, 0.1) is 29.0 Å². The average Bonchev–Trinajstić information content (AvgIpc) is 2.70. The molecule has 0 saturated carbocycles. The van der Waals surface area contributed by atoms with Crippen LogP contribution in [-0.2, 0) is 13.5 Å². The Balaban J connectivity index is 2.30. The number of nitrogens with two attached hydrogens (primary N) is 1. The van der Waals surface area contributed by atoms with Gasteiger partial charge in [0, 0.05) is 13.5 Å². The number of ether oxygens (including phenoxy) is 1. The van der Waals surface area contributed by atoms with Crippen molar-refractivity contribution in [2.24, 2.45) is 12.9 Å². The summed E-state index contributed by atoms with van der Waals surface area (Å²) < 4.78 is 21.5. The van der Waals surface area contributed by atoms with Gasteiger partial charge >= 0.3 is 0 Å². The third-order valence-corrected chi connectivity index (χ3v) is 4.47. The minimum absolute atomic E-state index is 0.215. The second-order valence-corrected chi connectivity index (χ2v) is 5.58. The number of halogens is 2. The number of methoxy groups -OCH3 is 1. The van der Waals surface area contributed by atoms with Crippen LogP contribution in [0, 0.1) is 12.7 Å². The zero-order chi connectivity index (χ0) is 15.6. The Labute approximate surface area is 131 Å². The van der Waals surface area contributed by atoms with Gasteiger partial charge in [-0.2, -0.15) is 5.10 Å². The van der Waals surface area contributed by atoms with Gasteiger partial charge in [-0.15, -0.1) is 0 Å². The van der Waals surface area contributed by atoms with Gasteiger partial charge in [-0.25, -0.2) is 4.39 Å². The predicted octanol–water partition coefficient (Wildman–Crippen LogP) is 2.39. The van der Waals surface area contributed by atoms with Gasteiger partial charge in [0.25, 0.3) is 0 Å². The summed E-state index contributed by atoms with van der Waals surface area (Å²) in [6, 6.07) is 4.60. The lowest BCUT2D eigenvalue weighted by Gasteiger charge is -2.17. The number of rotatable bonds is 5. The molecule has 1 atom stereocenters.